The van der Waals surface area contributed by atoms with Gasteiger partial charge in [0.25, 0.3) is 0 Å². The maximum atomic E-state index is 13.3. The Bertz CT molecular complexity index is 936. The molecule has 29 heavy (non-hydrogen) atoms. The minimum Gasteiger partial charge on any atom is -0.390 e. The summed E-state index contributed by atoms with van der Waals surface area (Å²) in [5.41, 5.74) is 0.362. The van der Waals surface area contributed by atoms with Crippen LogP contribution in [-0.2, 0) is 18.5 Å². The first kappa shape index (κ1) is 19.1. The average molecular weight is 400 g/mol. The minimum atomic E-state index is -0.472. The van der Waals surface area contributed by atoms with E-state index in [0.717, 1.165) is 74.5 Å². The molecule has 0 radical (unpaired) electrons. The Kier molecular flexibility index (Phi) is 4.32. The molecule has 0 saturated heterocycles. The Morgan fingerprint density at radius 1 is 1.17 bits per heavy atom. The molecule has 0 aromatic rings. The summed E-state index contributed by atoms with van der Waals surface area (Å²) in [6.07, 6.45) is 7.28. The zero-order valence-corrected chi connectivity index (χ0v) is 17.9. The number of aromatic nitrogens is 4. The first-order chi connectivity index (χ1) is 13.9. The molecule has 7 nitrogen and oxygen atoms in total. The summed E-state index contributed by atoms with van der Waals surface area (Å²) < 4.78 is 3.71. The Morgan fingerprint density at radius 2 is 1.86 bits per heavy atom. The minimum absolute atomic E-state index is 0.0262. The molecule has 3 fully saturated rings. The topological polar surface area (TPSA) is 85.0 Å². The van der Waals surface area contributed by atoms with Gasteiger partial charge in [0.1, 0.15) is 17.3 Å². The van der Waals surface area contributed by atoms with E-state index >= 15 is 0 Å². The van der Waals surface area contributed by atoms with Crippen molar-refractivity contribution in [2.24, 2.45) is 5.92 Å². The van der Waals surface area contributed by atoms with Gasteiger partial charge >= 0.3 is 5.69 Å². The molecule has 158 valence electrons. The van der Waals surface area contributed by atoms with Crippen molar-refractivity contribution in [3.8, 4) is 11.5 Å². The number of fused-ring (bicyclic) bond motifs is 6. The van der Waals surface area contributed by atoms with Gasteiger partial charge < -0.3 is 10.4 Å². The molecule has 2 bridgehead atoms. The van der Waals surface area contributed by atoms with E-state index in [1.165, 1.54) is 0 Å². The quantitative estimate of drug-likeness (QED) is 0.807. The fourth-order valence-corrected chi connectivity index (χ4v) is 5.64. The van der Waals surface area contributed by atoms with Gasteiger partial charge in [-0.05, 0) is 50.9 Å². The fourth-order valence-electron chi connectivity index (χ4n) is 5.64. The number of nitrogens with zero attached hydrogens (tertiary/aromatic N) is 4. The summed E-state index contributed by atoms with van der Waals surface area (Å²) in [6.45, 7) is 7.88. The largest absolute Gasteiger partial charge is 0.390 e. The standard InChI is InChI=1S/C22H33N5O2/c1-4-12-26-18-16(17-23-15(14(3)5-2)13-27(17)20(26)28)24-19(25-18)21-6-9-22(29,10-7-21)11-8-21/h14-15,23,29H,4-13H2,1-3H3/t14?,15-,21?,22?/m1/s1. The smallest absolute Gasteiger partial charge is 0.331 e. The Hall–Kier alpha value is -1.89. The normalized spacial score (nSPS) is 31.8. The first-order valence-corrected chi connectivity index (χ1v) is 11.4. The zero-order valence-electron chi connectivity index (χ0n) is 17.9. The molecule has 7 heteroatoms. The number of hydrogen-bond acceptors (Lipinski definition) is 5. The number of nitrogens with one attached hydrogen (secondary N) is 1. The molecule has 3 saturated carbocycles. The van der Waals surface area contributed by atoms with Crippen LogP contribution in [-0.4, -0.2) is 35.9 Å². The summed E-state index contributed by atoms with van der Waals surface area (Å²) in [4.78, 5) is 23.3. The number of anilines is 1. The highest BCUT2D eigenvalue weighted by molar-refractivity contribution is 5.70. The molecule has 2 N–H and O–H groups in total. The SMILES string of the molecule is CCCn1c2nc(C34CCC(O)(CC3)CC4)nc-2c2n(c1=O)C[C@H](C(C)CC)N2. The lowest BCUT2D eigenvalue weighted by Gasteiger charge is -2.49. The van der Waals surface area contributed by atoms with Crippen LogP contribution in [0.2, 0.25) is 0 Å². The van der Waals surface area contributed by atoms with Crippen LogP contribution in [0.3, 0.4) is 0 Å². The van der Waals surface area contributed by atoms with Crippen molar-refractivity contribution in [1.82, 2.24) is 19.1 Å². The van der Waals surface area contributed by atoms with Gasteiger partial charge in [0, 0.05) is 24.5 Å². The molecule has 2 atom stereocenters. The molecular weight excluding hydrogens is 366 g/mol. The van der Waals surface area contributed by atoms with E-state index in [-0.39, 0.29) is 17.1 Å². The molecule has 3 aliphatic carbocycles. The van der Waals surface area contributed by atoms with Crippen molar-refractivity contribution >= 4 is 5.82 Å². The van der Waals surface area contributed by atoms with Gasteiger partial charge in [0.05, 0.1) is 5.60 Å². The van der Waals surface area contributed by atoms with E-state index in [2.05, 4.69) is 26.1 Å². The third-order valence-corrected chi connectivity index (χ3v) is 8.01. The van der Waals surface area contributed by atoms with Gasteiger partial charge in [-0.1, -0.05) is 27.2 Å². The lowest BCUT2D eigenvalue weighted by atomic mass is 9.58. The lowest BCUT2D eigenvalue weighted by Crippen LogP contribution is -2.48. The van der Waals surface area contributed by atoms with E-state index < -0.39 is 5.60 Å². The number of rotatable bonds is 5. The molecule has 3 aliphatic heterocycles. The number of imidazole rings is 1. The summed E-state index contributed by atoms with van der Waals surface area (Å²) in [7, 11) is 0. The van der Waals surface area contributed by atoms with Crippen LogP contribution >= 0.6 is 0 Å². The third-order valence-electron chi connectivity index (χ3n) is 8.01. The van der Waals surface area contributed by atoms with Gasteiger partial charge in [0.15, 0.2) is 5.82 Å². The van der Waals surface area contributed by atoms with Crippen LogP contribution in [0.15, 0.2) is 4.79 Å². The summed E-state index contributed by atoms with van der Waals surface area (Å²) in [5, 5.41) is 14.2. The van der Waals surface area contributed by atoms with Crippen LogP contribution < -0.4 is 11.0 Å². The fraction of sp³-hybridized carbons (Fsp3) is 0.773. The predicted octanol–water partition coefficient (Wildman–Crippen LogP) is 3.13. The molecule has 0 aromatic carbocycles. The van der Waals surface area contributed by atoms with E-state index in [1.807, 2.05) is 9.13 Å². The van der Waals surface area contributed by atoms with E-state index in [1.54, 1.807) is 0 Å². The first-order valence-electron chi connectivity index (χ1n) is 11.4. The summed E-state index contributed by atoms with van der Waals surface area (Å²) in [6, 6.07) is 0.256. The second-order valence-corrected chi connectivity index (χ2v) is 9.75. The molecule has 6 rings (SSSR count). The number of aliphatic hydroxyl groups is 1. The van der Waals surface area contributed by atoms with Crippen molar-refractivity contribution in [3.63, 3.8) is 0 Å². The van der Waals surface area contributed by atoms with Gasteiger partial charge in [-0.25, -0.2) is 14.8 Å². The van der Waals surface area contributed by atoms with E-state index in [9.17, 15) is 9.90 Å². The van der Waals surface area contributed by atoms with Crippen LogP contribution in [0, 0.1) is 5.92 Å². The third kappa shape index (κ3) is 2.76. The summed E-state index contributed by atoms with van der Waals surface area (Å²) in [5.74, 6) is 2.96. The van der Waals surface area contributed by atoms with Crippen LogP contribution in [0.4, 0.5) is 5.82 Å². The highest BCUT2D eigenvalue weighted by atomic mass is 16.3. The average Bonchev–Trinajstić information content (AvgIpc) is 3.37. The molecule has 0 aromatic heterocycles. The molecular formula is C22H33N5O2. The summed E-state index contributed by atoms with van der Waals surface area (Å²) >= 11 is 0. The van der Waals surface area contributed by atoms with Crippen molar-refractivity contribution < 1.29 is 5.11 Å². The lowest BCUT2D eigenvalue weighted by molar-refractivity contribution is -0.0677. The van der Waals surface area contributed by atoms with E-state index in [0.29, 0.717) is 19.0 Å². The van der Waals surface area contributed by atoms with Crippen LogP contribution in [0.5, 0.6) is 0 Å². The van der Waals surface area contributed by atoms with Gasteiger partial charge in [-0.15, -0.1) is 0 Å². The Balaban J connectivity index is 1.63. The highest BCUT2D eigenvalue weighted by Crippen LogP contribution is 2.53. The highest BCUT2D eigenvalue weighted by Gasteiger charge is 2.51. The van der Waals surface area contributed by atoms with Crippen molar-refractivity contribution in [1.29, 1.82) is 0 Å². The zero-order chi connectivity index (χ0) is 20.4. The van der Waals surface area contributed by atoms with Crippen molar-refractivity contribution in [2.45, 2.75) is 102 Å². The maximum absolute atomic E-state index is 13.3. The molecule has 1 unspecified atom stereocenters. The van der Waals surface area contributed by atoms with Crippen molar-refractivity contribution in [3.05, 3.63) is 16.3 Å². The van der Waals surface area contributed by atoms with Gasteiger partial charge in [-0.3, -0.25) is 9.13 Å². The monoisotopic (exact) mass is 399 g/mol. The second-order valence-electron chi connectivity index (χ2n) is 9.75. The van der Waals surface area contributed by atoms with Crippen molar-refractivity contribution in [2.75, 3.05) is 5.32 Å². The molecule has 3 heterocycles. The van der Waals surface area contributed by atoms with Crippen LogP contribution in [0.25, 0.3) is 11.5 Å². The Morgan fingerprint density at radius 3 is 2.48 bits per heavy atom. The predicted molar refractivity (Wildman–Crippen MR) is 112 cm³/mol. The molecule has 0 amide bonds. The maximum Gasteiger partial charge on any atom is 0.331 e. The molecule has 6 aliphatic rings. The van der Waals surface area contributed by atoms with Gasteiger partial charge in [-0.2, -0.15) is 0 Å². The second kappa shape index (κ2) is 6.56. The van der Waals surface area contributed by atoms with E-state index in [4.69, 9.17) is 9.97 Å². The number of hydrogen-bond donors (Lipinski definition) is 2. The van der Waals surface area contributed by atoms with Gasteiger partial charge in [0.2, 0.25) is 0 Å². The Labute approximate surface area is 171 Å². The van der Waals surface area contributed by atoms with Crippen LogP contribution in [0.1, 0.15) is 78.0 Å². The molecule has 0 spiro atoms.